The van der Waals surface area contributed by atoms with Crippen LogP contribution in [0, 0.1) is 11.3 Å². The van der Waals surface area contributed by atoms with Crippen molar-refractivity contribution in [3.63, 3.8) is 0 Å². The van der Waals surface area contributed by atoms with E-state index in [-0.39, 0.29) is 0 Å². The number of hydrogen-bond acceptors (Lipinski definition) is 2. The minimum Gasteiger partial charge on any atom is -0.298 e. The second kappa shape index (κ2) is 3.20. The largest absolute Gasteiger partial charge is 0.395 e. The molecule has 0 aromatic carbocycles. The van der Waals surface area contributed by atoms with Gasteiger partial charge in [-0.1, -0.05) is 0 Å². The van der Waals surface area contributed by atoms with Gasteiger partial charge >= 0.3 is 6.18 Å². The van der Waals surface area contributed by atoms with Gasteiger partial charge in [-0.15, -0.1) is 0 Å². The predicted molar refractivity (Wildman–Crippen MR) is 25.9 cm³/mol. The van der Waals surface area contributed by atoms with Crippen LogP contribution in [0.25, 0.3) is 0 Å². The highest BCUT2D eigenvalue weighted by atomic mass is 19.4. The summed E-state index contributed by atoms with van der Waals surface area (Å²) < 4.78 is 33.9. The van der Waals surface area contributed by atoms with Crippen molar-refractivity contribution in [3.8, 4) is 6.07 Å². The summed E-state index contributed by atoms with van der Waals surface area (Å²) >= 11 is 0. The molecule has 0 aliphatic heterocycles. The maximum atomic E-state index is 11.3. The minimum atomic E-state index is -4.48. The zero-order chi connectivity index (χ0) is 8.20. The Bertz CT molecular complexity index is 167. The lowest BCUT2D eigenvalue weighted by Crippen LogP contribution is -2.13. The van der Waals surface area contributed by atoms with Crippen LogP contribution in [0.5, 0.6) is 0 Å². The van der Waals surface area contributed by atoms with Gasteiger partial charge in [0.1, 0.15) is 6.42 Å². The van der Waals surface area contributed by atoms with E-state index in [9.17, 15) is 18.0 Å². The minimum absolute atomic E-state index is 0.667. The number of carbonyl (C=O) groups is 1. The summed E-state index contributed by atoms with van der Waals surface area (Å²) in [6.45, 7) is 0. The third-order valence-corrected chi connectivity index (χ3v) is 0.674. The highest BCUT2D eigenvalue weighted by molar-refractivity contribution is 5.80. The van der Waals surface area contributed by atoms with Crippen molar-refractivity contribution < 1.29 is 18.0 Å². The number of rotatable bonds is 2. The third-order valence-electron chi connectivity index (χ3n) is 0.674. The lowest BCUT2D eigenvalue weighted by molar-refractivity contribution is -0.151. The first-order valence-corrected chi connectivity index (χ1v) is 2.41. The molecule has 0 saturated carbocycles. The average molecular weight is 151 g/mol. The molecule has 2 nitrogen and oxygen atoms in total. The van der Waals surface area contributed by atoms with Gasteiger partial charge in [0.05, 0.1) is 12.5 Å². The fraction of sp³-hybridized carbons (Fsp3) is 0.600. The molecule has 0 radical (unpaired) electrons. The van der Waals surface area contributed by atoms with Crippen LogP contribution in [-0.4, -0.2) is 12.0 Å². The van der Waals surface area contributed by atoms with Gasteiger partial charge in [-0.05, 0) is 0 Å². The lowest BCUT2D eigenvalue weighted by Gasteiger charge is -2.01. The number of hydrogen-bond donors (Lipinski definition) is 0. The fourth-order valence-electron chi connectivity index (χ4n) is 0.374. The van der Waals surface area contributed by atoms with Gasteiger partial charge in [0.2, 0.25) is 0 Å². The smallest absolute Gasteiger partial charge is 0.298 e. The van der Waals surface area contributed by atoms with Crippen LogP contribution in [0.15, 0.2) is 0 Å². The summed E-state index contributed by atoms with van der Waals surface area (Å²) in [6.07, 6.45) is -6.64. The van der Waals surface area contributed by atoms with E-state index >= 15 is 0 Å². The van der Waals surface area contributed by atoms with Crippen LogP contribution in [0.3, 0.4) is 0 Å². The molecule has 0 bridgehead atoms. The summed E-state index contributed by atoms with van der Waals surface area (Å²) in [5, 5.41) is 7.80. The predicted octanol–water partition coefficient (Wildman–Crippen LogP) is 1.42. The zero-order valence-corrected chi connectivity index (χ0v) is 4.90. The monoisotopic (exact) mass is 151 g/mol. The third kappa shape index (κ3) is 5.09. The molecule has 0 amide bonds. The van der Waals surface area contributed by atoms with E-state index < -0.39 is 24.8 Å². The molecule has 0 N–H and O–H groups in total. The summed E-state index contributed by atoms with van der Waals surface area (Å²) in [7, 11) is 0. The second-order valence-electron chi connectivity index (χ2n) is 1.67. The second-order valence-corrected chi connectivity index (χ2v) is 1.67. The summed E-state index contributed by atoms with van der Waals surface area (Å²) in [5.74, 6) is -1.09. The van der Waals surface area contributed by atoms with E-state index in [2.05, 4.69) is 0 Å². The van der Waals surface area contributed by atoms with E-state index in [1.54, 1.807) is 0 Å². The van der Waals surface area contributed by atoms with Gasteiger partial charge < -0.3 is 0 Å². The molecule has 0 aliphatic rings. The number of nitrogens with zero attached hydrogens (tertiary/aromatic N) is 1. The first kappa shape index (κ1) is 8.95. The molecule has 0 unspecified atom stereocenters. The number of ketones is 1. The van der Waals surface area contributed by atoms with Crippen molar-refractivity contribution in [1.82, 2.24) is 0 Å². The van der Waals surface area contributed by atoms with Gasteiger partial charge in [0.15, 0.2) is 5.78 Å². The standard InChI is InChI=1S/C5H4F3NO/c6-5(7,8)3-4(10)1-2-9/h1,3H2. The van der Waals surface area contributed by atoms with Crippen molar-refractivity contribution in [3.05, 3.63) is 0 Å². The van der Waals surface area contributed by atoms with Gasteiger partial charge in [-0.3, -0.25) is 4.79 Å². The van der Waals surface area contributed by atoms with E-state index in [0.29, 0.717) is 0 Å². The van der Waals surface area contributed by atoms with Gasteiger partial charge in [-0.2, -0.15) is 18.4 Å². The zero-order valence-electron chi connectivity index (χ0n) is 4.90. The molecule has 0 rings (SSSR count). The summed E-state index contributed by atoms with van der Waals surface area (Å²) in [4.78, 5) is 10.1. The fourth-order valence-corrected chi connectivity index (χ4v) is 0.374. The number of nitriles is 1. The van der Waals surface area contributed by atoms with E-state index in [4.69, 9.17) is 5.26 Å². The van der Waals surface area contributed by atoms with Gasteiger partial charge in [0, 0.05) is 0 Å². The molecule has 0 atom stereocenters. The molecule has 0 aromatic rings. The number of alkyl halides is 3. The van der Waals surface area contributed by atoms with Crippen LogP contribution in [0.2, 0.25) is 0 Å². The Kier molecular flexibility index (Phi) is 2.87. The molecule has 0 heterocycles. The molecule has 5 heteroatoms. The highest BCUT2D eigenvalue weighted by Crippen LogP contribution is 2.19. The van der Waals surface area contributed by atoms with Crippen LogP contribution < -0.4 is 0 Å². The SMILES string of the molecule is N#CCC(=O)CC(F)(F)F. The molecule has 0 aliphatic carbocycles. The quantitative estimate of drug-likeness (QED) is 0.598. The van der Waals surface area contributed by atoms with Gasteiger partial charge in [0.25, 0.3) is 0 Å². The Balaban J connectivity index is 3.72. The van der Waals surface area contributed by atoms with Crippen molar-refractivity contribution in [2.24, 2.45) is 0 Å². The van der Waals surface area contributed by atoms with Crippen LogP contribution in [0.1, 0.15) is 12.8 Å². The van der Waals surface area contributed by atoms with E-state index in [0.717, 1.165) is 0 Å². The molecule has 56 valence electrons. The van der Waals surface area contributed by atoms with Gasteiger partial charge in [-0.25, -0.2) is 0 Å². The Labute approximate surface area is 55.2 Å². The lowest BCUT2D eigenvalue weighted by atomic mass is 10.2. The Hall–Kier alpha value is -1.05. The first-order chi connectivity index (χ1) is 4.45. The number of carbonyl (C=O) groups excluding carboxylic acids is 1. The number of halogens is 3. The maximum Gasteiger partial charge on any atom is 0.395 e. The molecule has 10 heavy (non-hydrogen) atoms. The Morgan fingerprint density at radius 3 is 2.30 bits per heavy atom. The Morgan fingerprint density at radius 2 is 2.00 bits per heavy atom. The molecule has 0 fully saturated rings. The van der Waals surface area contributed by atoms with Crippen molar-refractivity contribution in [2.75, 3.05) is 0 Å². The summed E-state index contributed by atoms with van der Waals surface area (Å²) in [5.41, 5.74) is 0. The Morgan fingerprint density at radius 1 is 1.50 bits per heavy atom. The summed E-state index contributed by atoms with van der Waals surface area (Å²) in [6, 6.07) is 1.34. The first-order valence-electron chi connectivity index (χ1n) is 2.41. The number of Topliss-reactive ketones (excluding diaryl/α,β-unsaturated/α-hetero) is 1. The van der Waals surface area contributed by atoms with Crippen LogP contribution in [0.4, 0.5) is 13.2 Å². The average Bonchev–Trinajstić information content (AvgIpc) is 1.59. The normalized spacial score (nSPS) is 10.6. The van der Waals surface area contributed by atoms with Crippen LogP contribution in [-0.2, 0) is 4.79 Å². The molecular weight excluding hydrogens is 147 g/mol. The maximum absolute atomic E-state index is 11.3. The molecular formula is C5H4F3NO. The molecule has 0 aromatic heterocycles. The topological polar surface area (TPSA) is 40.9 Å². The van der Waals surface area contributed by atoms with E-state index in [1.807, 2.05) is 0 Å². The van der Waals surface area contributed by atoms with Crippen molar-refractivity contribution in [2.45, 2.75) is 19.0 Å². The molecule has 0 saturated heterocycles. The highest BCUT2D eigenvalue weighted by Gasteiger charge is 2.30. The van der Waals surface area contributed by atoms with E-state index in [1.165, 1.54) is 6.07 Å². The van der Waals surface area contributed by atoms with Crippen molar-refractivity contribution >= 4 is 5.78 Å². The van der Waals surface area contributed by atoms with Crippen LogP contribution >= 0.6 is 0 Å². The molecule has 0 spiro atoms. The van der Waals surface area contributed by atoms with Crippen molar-refractivity contribution in [1.29, 1.82) is 5.26 Å².